The molecule has 0 N–H and O–H groups in total. The fourth-order valence-corrected chi connectivity index (χ4v) is 1.89. The van der Waals surface area contributed by atoms with E-state index in [2.05, 4.69) is 6.58 Å². The van der Waals surface area contributed by atoms with E-state index in [1.165, 1.54) is 6.08 Å². The fraction of sp³-hybridized carbons (Fsp3) is 0.150. The number of benzene rings is 2. The van der Waals surface area contributed by atoms with Crippen LogP contribution in [0.15, 0.2) is 67.3 Å². The Morgan fingerprint density at radius 2 is 1.62 bits per heavy atom. The summed E-state index contributed by atoms with van der Waals surface area (Å²) in [5, 5.41) is 0. The number of hydrogen-bond donors (Lipinski definition) is 0. The van der Waals surface area contributed by atoms with Crippen molar-refractivity contribution in [1.29, 1.82) is 0 Å². The van der Waals surface area contributed by atoms with Gasteiger partial charge in [-0.2, -0.15) is 0 Å². The molecule has 0 aliphatic rings. The second kappa shape index (κ2) is 9.20. The molecular formula is C20H20O4. The van der Waals surface area contributed by atoms with Crippen LogP contribution < -0.4 is 14.2 Å². The molecule has 2 aromatic rings. The molecule has 0 aliphatic heterocycles. The number of methoxy groups -OCH3 is 1. The summed E-state index contributed by atoms with van der Waals surface area (Å²) in [5.74, 6) is 1.53. The lowest BCUT2D eigenvalue weighted by Gasteiger charge is -2.04. The summed E-state index contributed by atoms with van der Waals surface area (Å²) < 4.78 is 15.8. The number of carbonyl (C=O) groups excluding carboxylic acids is 1. The summed E-state index contributed by atoms with van der Waals surface area (Å²) in [7, 11) is 1.58. The Kier molecular flexibility index (Phi) is 6.65. The van der Waals surface area contributed by atoms with Crippen molar-refractivity contribution < 1.29 is 19.0 Å². The smallest absolute Gasteiger partial charge is 0.336 e. The summed E-state index contributed by atoms with van der Waals surface area (Å²) in [6, 6.07) is 14.3. The maximum atomic E-state index is 11.8. The van der Waals surface area contributed by atoms with Crippen LogP contribution in [-0.2, 0) is 4.79 Å². The highest BCUT2D eigenvalue weighted by atomic mass is 16.5. The quantitative estimate of drug-likeness (QED) is 0.239. The molecule has 2 aromatic carbocycles. The van der Waals surface area contributed by atoms with Crippen LogP contribution in [0.5, 0.6) is 17.2 Å². The van der Waals surface area contributed by atoms with Gasteiger partial charge in [0.15, 0.2) is 0 Å². The lowest BCUT2D eigenvalue weighted by atomic mass is 10.2. The van der Waals surface area contributed by atoms with E-state index in [9.17, 15) is 4.79 Å². The topological polar surface area (TPSA) is 44.8 Å². The molecule has 0 unspecified atom stereocenters. The Bertz CT molecular complexity index is 685. The molecule has 0 aromatic heterocycles. The predicted octanol–water partition coefficient (Wildman–Crippen LogP) is 4.27. The van der Waals surface area contributed by atoms with Gasteiger partial charge in [0.2, 0.25) is 0 Å². The molecule has 2 rings (SSSR count). The zero-order valence-corrected chi connectivity index (χ0v) is 13.6. The summed E-state index contributed by atoms with van der Waals surface area (Å²) >= 11 is 0. The third-order valence-electron chi connectivity index (χ3n) is 3.16. The van der Waals surface area contributed by atoms with Gasteiger partial charge in [-0.25, -0.2) is 4.79 Å². The first-order valence-electron chi connectivity index (χ1n) is 7.59. The number of carbonyl (C=O) groups is 1. The SMILES string of the molecule is C=CCCOc1ccc(/C=C/C(=O)Oc2ccc(OC)cc2)cc1. The van der Waals surface area contributed by atoms with Crippen molar-refractivity contribution in [2.24, 2.45) is 0 Å². The Morgan fingerprint density at radius 1 is 1.00 bits per heavy atom. The number of hydrogen-bond acceptors (Lipinski definition) is 4. The third kappa shape index (κ3) is 5.65. The van der Waals surface area contributed by atoms with Crippen LogP contribution >= 0.6 is 0 Å². The minimum Gasteiger partial charge on any atom is -0.497 e. The van der Waals surface area contributed by atoms with Gasteiger partial charge in [-0.1, -0.05) is 18.2 Å². The van der Waals surface area contributed by atoms with Crippen molar-refractivity contribution in [2.45, 2.75) is 6.42 Å². The van der Waals surface area contributed by atoms with Crippen molar-refractivity contribution in [2.75, 3.05) is 13.7 Å². The van der Waals surface area contributed by atoms with Gasteiger partial charge in [0.05, 0.1) is 13.7 Å². The Morgan fingerprint density at radius 3 is 2.25 bits per heavy atom. The second-order valence-electron chi connectivity index (χ2n) is 4.92. The van der Waals surface area contributed by atoms with Crippen LogP contribution in [0.4, 0.5) is 0 Å². The number of esters is 1. The fourth-order valence-electron chi connectivity index (χ4n) is 1.89. The van der Waals surface area contributed by atoms with Gasteiger partial charge < -0.3 is 14.2 Å². The Hall–Kier alpha value is -3.01. The van der Waals surface area contributed by atoms with Crippen molar-refractivity contribution >= 4 is 12.0 Å². The molecule has 124 valence electrons. The van der Waals surface area contributed by atoms with E-state index in [1.807, 2.05) is 30.3 Å². The summed E-state index contributed by atoms with van der Waals surface area (Å²) in [6.07, 6.45) is 5.70. The molecule has 4 nitrogen and oxygen atoms in total. The first-order valence-corrected chi connectivity index (χ1v) is 7.59. The van der Waals surface area contributed by atoms with E-state index < -0.39 is 5.97 Å². The predicted molar refractivity (Wildman–Crippen MR) is 94.4 cm³/mol. The lowest BCUT2D eigenvalue weighted by Crippen LogP contribution is -2.03. The molecule has 0 saturated heterocycles. The lowest BCUT2D eigenvalue weighted by molar-refractivity contribution is -0.128. The van der Waals surface area contributed by atoms with Gasteiger partial charge in [0.25, 0.3) is 0 Å². The molecule has 4 heteroatoms. The molecule has 0 heterocycles. The maximum Gasteiger partial charge on any atom is 0.336 e. The monoisotopic (exact) mass is 324 g/mol. The van der Waals surface area contributed by atoms with Gasteiger partial charge in [0.1, 0.15) is 17.2 Å². The molecular weight excluding hydrogens is 304 g/mol. The number of rotatable bonds is 8. The van der Waals surface area contributed by atoms with E-state index in [-0.39, 0.29) is 0 Å². The Labute approximate surface area is 142 Å². The largest absolute Gasteiger partial charge is 0.497 e. The molecule has 24 heavy (non-hydrogen) atoms. The maximum absolute atomic E-state index is 11.8. The number of ether oxygens (including phenoxy) is 3. The molecule has 0 spiro atoms. The van der Waals surface area contributed by atoms with Gasteiger partial charge in [0, 0.05) is 6.08 Å². The van der Waals surface area contributed by atoms with E-state index >= 15 is 0 Å². The summed E-state index contributed by atoms with van der Waals surface area (Å²) in [5.41, 5.74) is 0.887. The van der Waals surface area contributed by atoms with Crippen LogP contribution in [0.1, 0.15) is 12.0 Å². The van der Waals surface area contributed by atoms with E-state index in [1.54, 1.807) is 37.5 Å². The highest BCUT2D eigenvalue weighted by molar-refractivity contribution is 5.88. The van der Waals surface area contributed by atoms with Gasteiger partial charge in [-0.05, 0) is 54.5 Å². The molecule has 0 aliphatic carbocycles. The van der Waals surface area contributed by atoms with Crippen molar-refractivity contribution in [1.82, 2.24) is 0 Å². The second-order valence-corrected chi connectivity index (χ2v) is 4.92. The van der Waals surface area contributed by atoms with Gasteiger partial charge in [-0.3, -0.25) is 0 Å². The highest BCUT2D eigenvalue weighted by Gasteiger charge is 2.01. The zero-order valence-electron chi connectivity index (χ0n) is 13.6. The van der Waals surface area contributed by atoms with Crippen LogP contribution in [-0.4, -0.2) is 19.7 Å². The molecule has 0 bridgehead atoms. The van der Waals surface area contributed by atoms with Crippen LogP contribution in [0.25, 0.3) is 6.08 Å². The van der Waals surface area contributed by atoms with E-state index in [0.717, 1.165) is 17.7 Å². The normalized spacial score (nSPS) is 10.4. The van der Waals surface area contributed by atoms with Gasteiger partial charge >= 0.3 is 5.97 Å². The first kappa shape index (κ1) is 17.3. The van der Waals surface area contributed by atoms with Crippen molar-refractivity contribution in [3.8, 4) is 17.2 Å². The Balaban J connectivity index is 1.87. The average molecular weight is 324 g/mol. The zero-order chi connectivity index (χ0) is 17.2. The average Bonchev–Trinajstić information content (AvgIpc) is 2.62. The van der Waals surface area contributed by atoms with Crippen LogP contribution in [0, 0.1) is 0 Å². The summed E-state index contributed by atoms with van der Waals surface area (Å²) in [6.45, 7) is 4.25. The minimum absolute atomic E-state index is 0.438. The molecule has 0 atom stereocenters. The molecule has 0 amide bonds. The molecule has 0 radical (unpaired) electrons. The molecule has 0 saturated carbocycles. The standard InChI is InChI=1S/C20H20O4/c1-3-4-15-23-18-8-5-16(6-9-18)7-14-20(21)24-19-12-10-17(22-2)11-13-19/h3,5-14H,1,4,15H2,2H3/b14-7+. The van der Waals surface area contributed by atoms with Crippen LogP contribution in [0.3, 0.4) is 0 Å². The van der Waals surface area contributed by atoms with Gasteiger partial charge in [-0.15, -0.1) is 6.58 Å². The first-order chi connectivity index (χ1) is 11.7. The minimum atomic E-state index is -0.438. The summed E-state index contributed by atoms with van der Waals surface area (Å²) in [4.78, 5) is 11.8. The highest BCUT2D eigenvalue weighted by Crippen LogP contribution is 2.17. The molecule has 0 fully saturated rings. The van der Waals surface area contributed by atoms with E-state index in [4.69, 9.17) is 14.2 Å². The van der Waals surface area contributed by atoms with Crippen LogP contribution in [0.2, 0.25) is 0 Å². The van der Waals surface area contributed by atoms with E-state index in [0.29, 0.717) is 18.1 Å². The third-order valence-corrected chi connectivity index (χ3v) is 3.16. The van der Waals surface area contributed by atoms with Crippen molar-refractivity contribution in [3.05, 3.63) is 72.8 Å². The van der Waals surface area contributed by atoms with Crippen molar-refractivity contribution in [3.63, 3.8) is 0 Å².